The highest BCUT2D eigenvalue weighted by Crippen LogP contribution is 2.19. The molecule has 0 radical (unpaired) electrons. The first-order valence-corrected chi connectivity index (χ1v) is 12.7. The molecule has 0 aromatic carbocycles. The molecule has 33 heavy (non-hydrogen) atoms. The summed E-state index contributed by atoms with van der Waals surface area (Å²) in [4.78, 5) is 54.9. The number of aliphatic carboxylic acids is 1. The maximum Gasteiger partial charge on any atom is 0.327 e. The quantitative estimate of drug-likeness (QED) is 0.0608. The van der Waals surface area contributed by atoms with E-state index in [1.165, 1.54) is 16.7 Å². The number of carboxylic acids is 1. The van der Waals surface area contributed by atoms with Gasteiger partial charge in [0.15, 0.2) is 5.96 Å². The van der Waals surface area contributed by atoms with E-state index in [1.807, 2.05) is 6.26 Å². The van der Waals surface area contributed by atoms with Gasteiger partial charge in [-0.25, -0.2) is 4.79 Å². The monoisotopic (exact) mass is 505 g/mol. The van der Waals surface area contributed by atoms with E-state index in [-0.39, 0.29) is 17.6 Å². The van der Waals surface area contributed by atoms with E-state index < -0.39 is 42.0 Å². The Morgan fingerprint density at radius 2 is 1.91 bits per heavy atom. The van der Waals surface area contributed by atoms with Gasteiger partial charge in [-0.15, -0.1) is 0 Å². The van der Waals surface area contributed by atoms with Gasteiger partial charge in [-0.05, 0) is 44.1 Å². The summed E-state index contributed by atoms with van der Waals surface area (Å²) in [5.41, 5.74) is 16.6. The molecule has 3 amide bonds. The van der Waals surface area contributed by atoms with Crippen LogP contribution in [0.4, 0.5) is 0 Å². The average Bonchev–Trinajstić information content (AvgIpc) is 3.26. The SMILES string of the molecule is CSCCC(NC(=O)C1CCCN1C(=O)C(N)CCCN=C(N)N)C(=O)NC(CS)C(=O)O. The van der Waals surface area contributed by atoms with Crippen LogP contribution < -0.4 is 27.8 Å². The molecular weight excluding hydrogens is 470 g/mol. The highest BCUT2D eigenvalue weighted by molar-refractivity contribution is 7.98. The zero-order valence-electron chi connectivity index (χ0n) is 18.7. The standard InChI is InChI=1S/C19H35N7O5S2/c1-33-9-6-12(15(27)25-13(10-32)18(30)31)24-16(28)14-5-3-8-26(14)17(29)11(20)4-2-7-23-19(21)22/h11-14,32H,2-10,20H2,1H3,(H,24,28)(H,25,27)(H,30,31)(H4,21,22,23). The summed E-state index contributed by atoms with van der Waals surface area (Å²) in [6.45, 7) is 0.740. The lowest BCUT2D eigenvalue weighted by Crippen LogP contribution is -2.57. The minimum absolute atomic E-state index is 0.0321. The van der Waals surface area contributed by atoms with Gasteiger partial charge in [0.25, 0.3) is 0 Å². The molecule has 1 saturated heterocycles. The van der Waals surface area contributed by atoms with Crippen LogP contribution in [0.1, 0.15) is 32.1 Å². The molecule has 4 unspecified atom stereocenters. The van der Waals surface area contributed by atoms with Crippen LogP contribution in [-0.2, 0) is 19.2 Å². The van der Waals surface area contributed by atoms with Crippen molar-refractivity contribution in [2.24, 2.45) is 22.2 Å². The zero-order valence-corrected chi connectivity index (χ0v) is 20.4. The first kappa shape index (κ1) is 28.8. The van der Waals surface area contributed by atoms with Crippen LogP contribution in [0, 0.1) is 0 Å². The van der Waals surface area contributed by atoms with Crippen molar-refractivity contribution in [1.82, 2.24) is 15.5 Å². The van der Waals surface area contributed by atoms with Crippen LogP contribution in [0.3, 0.4) is 0 Å². The van der Waals surface area contributed by atoms with E-state index in [0.717, 1.165) is 0 Å². The van der Waals surface area contributed by atoms with Crippen molar-refractivity contribution in [3.05, 3.63) is 0 Å². The number of rotatable bonds is 14. The van der Waals surface area contributed by atoms with Crippen molar-refractivity contribution < 1.29 is 24.3 Å². The fourth-order valence-electron chi connectivity index (χ4n) is 3.39. The third kappa shape index (κ3) is 9.68. The lowest BCUT2D eigenvalue weighted by Gasteiger charge is -2.28. The Balaban J connectivity index is 2.78. The highest BCUT2D eigenvalue weighted by Gasteiger charge is 2.37. The number of carbonyl (C=O) groups excluding carboxylic acids is 3. The molecule has 0 aliphatic carbocycles. The number of amides is 3. The number of nitrogens with zero attached hydrogens (tertiary/aromatic N) is 2. The van der Waals surface area contributed by atoms with E-state index in [9.17, 15) is 19.2 Å². The van der Waals surface area contributed by atoms with Gasteiger partial charge in [0.2, 0.25) is 17.7 Å². The number of aliphatic imine (C=N–C) groups is 1. The topological polar surface area (TPSA) is 206 Å². The second-order valence-electron chi connectivity index (χ2n) is 7.67. The number of thioether (sulfide) groups is 1. The number of thiol groups is 1. The van der Waals surface area contributed by atoms with Gasteiger partial charge in [-0.1, -0.05) is 0 Å². The largest absolute Gasteiger partial charge is 0.480 e. The molecule has 1 rings (SSSR count). The van der Waals surface area contributed by atoms with E-state index in [4.69, 9.17) is 22.3 Å². The molecule has 0 bridgehead atoms. The summed E-state index contributed by atoms with van der Waals surface area (Å²) in [6.07, 6.45) is 4.12. The summed E-state index contributed by atoms with van der Waals surface area (Å²) in [5.74, 6) is -2.17. The number of likely N-dealkylation sites (tertiary alicyclic amines) is 1. The van der Waals surface area contributed by atoms with E-state index in [1.54, 1.807) is 0 Å². The van der Waals surface area contributed by atoms with Crippen molar-refractivity contribution in [3.63, 3.8) is 0 Å². The van der Waals surface area contributed by atoms with Crippen molar-refractivity contribution in [1.29, 1.82) is 0 Å². The molecule has 1 fully saturated rings. The molecule has 0 aromatic rings. The minimum Gasteiger partial charge on any atom is -0.480 e. The van der Waals surface area contributed by atoms with Crippen LogP contribution >= 0.6 is 24.4 Å². The lowest BCUT2D eigenvalue weighted by molar-refractivity contribution is -0.142. The Morgan fingerprint density at radius 3 is 2.48 bits per heavy atom. The molecule has 4 atom stereocenters. The molecule has 1 aliphatic heterocycles. The van der Waals surface area contributed by atoms with E-state index in [2.05, 4.69) is 28.3 Å². The van der Waals surface area contributed by atoms with Crippen LogP contribution in [0.2, 0.25) is 0 Å². The first-order chi connectivity index (χ1) is 15.6. The Bertz CT molecular complexity index is 721. The minimum atomic E-state index is -1.21. The third-order valence-electron chi connectivity index (χ3n) is 5.16. The second kappa shape index (κ2) is 14.9. The number of hydrogen-bond acceptors (Lipinski definition) is 8. The zero-order chi connectivity index (χ0) is 25.0. The van der Waals surface area contributed by atoms with Gasteiger partial charge >= 0.3 is 5.97 Å². The summed E-state index contributed by atoms with van der Waals surface area (Å²) in [5, 5.41) is 14.2. The fraction of sp³-hybridized carbons (Fsp3) is 0.737. The summed E-state index contributed by atoms with van der Waals surface area (Å²) in [6, 6.07) is -3.64. The predicted octanol–water partition coefficient (Wildman–Crippen LogP) is -1.90. The summed E-state index contributed by atoms with van der Waals surface area (Å²) < 4.78 is 0. The Hall–Kier alpha value is -2.19. The third-order valence-corrected chi connectivity index (χ3v) is 6.17. The van der Waals surface area contributed by atoms with Gasteiger partial charge in [0, 0.05) is 18.8 Å². The maximum atomic E-state index is 13.0. The van der Waals surface area contributed by atoms with Gasteiger partial charge < -0.3 is 37.8 Å². The first-order valence-electron chi connectivity index (χ1n) is 10.7. The van der Waals surface area contributed by atoms with Gasteiger partial charge in [0.1, 0.15) is 18.1 Å². The summed E-state index contributed by atoms with van der Waals surface area (Å²) >= 11 is 5.43. The molecule has 1 heterocycles. The van der Waals surface area contributed by atoms with Crippen LogP contribution in [0.15, 0.2) is 4.99 Å². The van der Waals surface area contributed by atoms with Crippen LogP contribution in [-0.4, -0.2) is 94.7 Å². The number of carboxylic acid groups (broad SMARTS) is 1. The van der Waals surface area contributed by atoms with Crippen LogP contribution in [0.25, 0.3) is 0 Å². The molecule has 12 nitrogen and oxygen atoms in total. The molecule has 1 aliphatic rings. The van der Waals surface area contributed by atoms with Gasteiger partial charge in [-0.2, -0.15) is 24.4 Å². The molecule has 188 valence electrons. The molecule has 0 spiro atoms. The average molecular weight is 506 g/mol. The number of nitrogens with one attached hydrogen (secondary N) is 2. The van der Waals surface area contributed by atoms with Crippen molar-refractivity contribution in [3.8, 4) is 0 Å². The molecule has 14 heteroatoms. The summed E-state index contributed by atoms with van der Waals surface area (Å²) in [7, 11) is 0. The Morgan fingerprint density at radius 1 is 1.21 bits per heavy atom. The van der Waals surface area contributed by atoms with E-state index >= 15 is 0 Å². The Kier molecular flexibility index (Phi) is 13.0. The van der Waals surface area contributed by atoms with Crippen molar-refractivity contribution >= 4 is 54.0 Å². The number of guanidine groups is 1. The van der Waals surface area contributed by atoms with Crippen molar-refractivity contribution in [2.45, 2.75) is 56.3 Å². The Labute approximate surface area is 203 Å². The number of nitrogens with two attached hydrogens (primary N) is 3. The lowest BCUT2D eigenvalue weighted by atomic mass is 10.1. The maximum absolute atomic E-state index is 13.0. The molecule has 0 saturated carbocycles. The molecular formula is C19H35N7O5S2. The van der Waals surface area contributed by atoms with E-state index in [0.29, 0.717) is 50.9 Å². The number of carbonyl (C=O) groups is 4. The second-order valence-corrected chi connectivity index (χ2v) is 9.02. The van der Waals surface area contributed by atoms with Crippen molar-refractivity contribution in [2.75, 3.05) is 30.9 Å². The van der Waals surface area contributed by atoms with Gasteiger partial charge in [0.05, 0.1) is 6.04 Å². The normalized spacial score (nSPS) is 18.2. The number of hydrogen-bond donors (Lipinski definition) is 7. The van der Waals surface area contributed by atoms with Crippen LogP contribution in [0.5, 0.6) is 0 Å². The molecule has 0 aromatic heterocycles. The van der Waals surface area contributed by atoms with Gasteiger partial charge in [-0.3, -0.25) is 19.4 Å². The fourth-order valence-corrected chi connectivity index (χ4v) is 4.11. The molecule has 9 N–H and O–H groups in total. The predicted molar refractivity (Wildman–Crippen MR) is 131 cm³/mol. The smallest absolute Gasteiger partial charge is 0.327 e. The highest BCUT2D eigenvalue weighted by atomic mass is 32.2.